The van der Waals surface area contributed by atoms with Crippen LogP contribution in [-0.2, 0) is 4.12 Å². The van der Waals surface area contributed by atoms with Crippen molar-refractivity contribution < 1.29 is 43.7 Å². The molecule has 4 N–H and O–H groups in total. The Morgan fingerprint density at radius 3 is 1.22 bits per heavy atom. The van der Waals surface area contributed by atoms with E-state index in [4.69, 9.17) is 24.5 Å². The number of carboxylic acid groups (broad SMARTS) is 4. The Kier molecular flexibility index (Phi) is 6.23. The van der Waals surface area contributed by atoms with Crippen LogP contribution in [0.25, 0.3) is 0 Å². The molecule has 2 aromatic rings. The third kappa shape index (κ3) is 4.87. The minimum Gasteiger partial charge on any atom is -0.478 e. The molecule has 0 bridgehead atoms. The number of rotatable bonds is 8. The van der Waals surface area contributed by atoms with Crippen LogP contribution in [0.5, 0.6) is 0 Å². The van der Waals surface area contributed by atoms with Gasteiger partial charge in [-0.25, -0.2) is 19.2 Å². The number of carboxylic acids is 4. The quantitative estimate of drug-likeness (QED) is 0.387. The van der Waals surface area contributed by atoms with Crippen molar-refractivity contribution in [1.29, 1.82) is 0 Å². The lowest BCUT2D eigenvalue weighted by molar-refractivity contribution is 0.0651. The fourth-order valence-corrected chi connectivity index (χ4v) is 5.67. The van der Waals surface area contributed by atoms with Crippen molar-refractivity contribution in [2.75, 3.05) is 0 Å². The molecular weight excluding hydrogens is 392 g/mol. The van der Waals surface area contributed by atoms with Gasteiger partial charge in [0.1, 0.15) is 0 Å². The highest BCUT2D eigenvalue weighted by Crippen LogP contribution is 2.08. The standard InChI is InChI=1S/C16H14O9Si2/c17-13(18)9-3-1-7(5-11(9)15(21)22)26-25-27-8-2-4-10(14(19)20)12(6-8)16(23)24/h1-6H,26-27H2,(H,17,18)(H,19,20)(H,21,22)(H,23,24). The summed E-state index contributed by atoms with van der Waals surface area (Å²) >= 11 is 0. The molecule has 0 heterocycles. The van der Waals surface area contributed by atoms with Crippen molar-refractivity contribution >= 4 is 53.8 Å². The number of carbonyl (C=O) groups is 4. The van der Waals surface area contributed by atoms with Gasteiger partial charge >= 0.3 is 23.9 Å². The lowest BCUT2D eigenvalue weighted by Crippen LogP contribution is -2.28. The van der Waals surface area contributed by atoms with Gasteiger partial charge in [0, 0.05) is 0 Å². The summed E-state index contributed by atoms with van der Waals surface area (Å²) in [6.07, 6.45) is 0. The zero-order valence-electron chi connectivity index (χ0n) is 13.7. The van der Waals surface area contributed by atoms with Crippen molar-refractivity contribution in [3.05, 3.63) is 58.7 Å². The zero-order valence-corrected chi connectivity index (χ0v) is 16.5. The Labute approximate surface area is 156 Å². The normalized spacial score (nSPS) is 11.3. The van der Waals surface area contributed by atoms with Gasteiger partial charge < -0.3 is 24.5 Å². The molecule has 0 aliphatic heterocycles. The van der Waals surface area contributed by atoms with E-state index < -0.39 is 43.4 Å². The van der Waals surface area contributed by atoms with E-state index in [9.17, 15) is 19.2 Å². The van der Waals surface area contributed by atoms with Gasteiger partial charge in [0.05, 0.1) is 22.3 Å². The van der Waals surface area contributed by atoms with Crippen LogP contribution < -0.4 is 10.4 Å². The molecule has 0 saturated heterocycles. The average molecular weight is 406 g/mol. The molecule has 0 aliphatic rings. The highest BCUT2D eigenvalue weighted by atomic mass is 28.3. The van der Waals surface area contributed by atoms with Crippen LogP contribution in [-0.4, -0.2) is 63.8 Å². The molecule has 140 valence electrons. The second-order valence-electron chi connectivity index (χ2n) is 5.47. The summed E-state index contributed by atoms with van der Waals surface area (Å²) in [6, 6.07) is 7.94. The summed E-state index contributed by atoms with van der Waals surface area (Å²) in [5.41, 5.74) is -1.27. The first-order valence-corrected chi connectivity index (χ1v) is 10.0. The first-order chi connectivity index (χ1) is 12.7. The van der Waals surface area contributed by atoms with Crippen LogP contribution in [0.1, 0.15) is 41.4 Å². The Bertz CT molecular complexity index is 864. The first kappa shape index (κ1) is 20.0. The Balaban J connectivity index is 2.13. The lowest BCUT2D eigenvalue weighted by atomic mass is 10.1. The lowest BCUT2D eigenvalue weighted by Gasteiger charge is -2.08. The van der Waals surface area contributed by atoms with E-state index in [0.29, 0.717) is 10.4 Å². The van der Waals surface area contributed by atoms with Gasteiger partial charge in [0.2, 0.25) is 0 Å². The van der Waals surface area contributed by atoms with Crippen LogP contribution in [0.2, 0.25) is 0 Å². The van der Waals surface area contributed by atoms with Gasteiger partial charge in [0.15, 0.2) is 19.5 Å². The molecule has 0 radical (unpaired) electrons. The van der Waals surface area contributed by atoms with Crippen molar-refractivity contribution in [2.24, 2.45) is 0 Å². The predicted molar refractivity (Wildman–Crippen MR) is 98.2 cm³/mol. The first-order valence-electron chi connectivity index (χ1n) is 7.47. The van der Waals surface area contributed by atoms with Gasteiger partial charge in [-0.3, -0.25) is 0 Å². The summed E-state index contributed by atoms with van der Waals surface area (Å²) in [5, 5.41) is 37.4. The van der Waals surface area contributed by atoms with Crippen molar-refractivity contribution in [2.45, 2.75) is 0 Å². The number of hydrogen-bond donors (Lipinski definition) is 4. The van der Waals surface area contributed by atoms with Gasteiger partial charge in [-0.2, -0.15) is 0 Å². The topological polar surface area (TPSA) is 158 Å². The van der Waals surface area contributed by atoms with E-state index in [-0.39, 0.29) is 22.3 Å². The molecular formula is C16H14O9Si2. The molecule has 2 aromatic carbocycles. The van der Waals surface area contributed by atoms with Crippen LogP contribution >= 0.6 is 0 Å². The van der Waals surface area contributed by atoms with Crippen molar-refractivity contribution in [3.63, 3.8) is 0 Å². The average Bonchev–Trinajstić information content (AvgIpc) is 2.61. The Morgan fingerprint density at radius 2 is 0.926 bits per heavy atom. The second kappa shape index (κ2) is 8.40. The predicted octanol–water partition coefficient (Wildman–Crippen LogP) is -1.39. The molecule has 0 fully saturated rings. The van der Waals surface area contributed by atoms with Crippen LogP contribution in [0, 0.1) is 0 Å². The molecule has 0 unspecified atom stereocenters. The van der Waals surface area contributed by atoms with Crippen molar-refractivity contribution in [1.82, 2.24) is 0 Å². The molecule has 0 aliphatic carbocycles. The summed E-state index contributed by atoms with van der Waals surface area (Å²) < 4.78 is 5.67. The molecule has 0 atom stereocenters. The highest BCUT2D eigenvalue weighted by molar-refractivity contribution is 6.60. The molecule has 9 nitrogen and oxygen atoms in total. The monoisotopic (exact) mass is 406 g/mol. The van der Waals surface area contributed by atoms with E-state index in [0.717, 1.165) is 0 Å². The number of benzene rings is 2. The number of hydrogen-bond acceptors (Lipinski definition) is 5. The van der Waals surface area contributed by atoms with Gasteiger partial charge in [-0.15, -0.1) is 0 Å². The van der Waals surface area contributed by atoms with Crippen LogP contribution in [0.15, 0.2) is 36.4 Å². The summed E-state index contributed by atoms with van der Waals surface area (Å²) in [4.78, 5) is 44.4. The smallest absolute Gasteiger partial charge is 0.336 e. The third-order valence-corrected chi connectivity index (χ3v) is 6.81. The zero-order chi connectivity index (χ0) is 20.1. The third-order valence-electron chi connectivity index (χ3n) is 3.63. The van der Waals surface area contributed by atoms with Crippen molar-refractivity contribution in [3.8, 4) is 0 Å². The molecule has 0 spiro atoms. The van der Waals surface area contributed by atoms with E-state index in [1.165, 1.54) is 36.4 Å². The summed E-state index contributed by atoms with van der Waals surface area (Å²) in [7, 11) is -2.73. The SMILES string of the molecule is O=C(O)c1ccc([SiH2]O[SiH2]c2ccc(C(=O)O)c(C(=O)O)c2)cc1C(=O)O. The van der Waals surface area contributed by atoms with Gasteiger partial charge in [0.25, 0.3) is 0 Å². The molecule has 0 aromatic heterocycles. The molecule has 27 heavy (non-hydrogen) atoms. The van der Waals surface area contributed by atoms with Crippen LogP contribution in [0.3, 0.4) is 0 Å². The molecule has 0 saturated carbocycles. The van der Waals surface area contributed by atoms with E-state index >= 15 is 0 Å². The van der Waals surface area contributed by atoms with E-state index in [1.807, 2.05) is 0 Å². The Morgan fingerprint density at radius 1 is 0.593 bits per heavy atom. The van der Waals surface area contributed by atoms with Crippen LogP contribution in [0.4, 0.5) is 0 Å². The maximum atomic E-state index is 11.2. The minimum absolute atomic E-state index is 0.312. The highest BCUT2D eigenvalue weighted by Gasteiger charge is 2.18. The second-order valence-corrected chi connectivity index (χ2v) is 9.32. The molecule has 0 amide bonds. The fourth-order valence-electron chi connectivity index (χ4n) is 2.38. The Hall–Kier alpha value is -3.29. The maximum Gasteiger partial charge on any atom is 0.336 e. The van der Waals surface area contributed by atoms with Gasteiger partial charge in [-0.1, -0.05) is 12.1 Å². The van der Waals surface area contributed by atoms with E-state index in [1.54, 1.807) is 0 Å². The van der Waals surface area contributed by atoms with Gasteiger partial charge in [-0.05, 0) is 34.6 Å². The number of aromatic carboxylic acids is 4. The summed E-state index contributed by atoms with van der Waals surface area (Å²) in [5.74, 6) is -5.38. The minimum atomic E-state index is -1.36. The molecule has 2 rings (SSSR count). The van der Waals surface area contributed by atoms with E-state index in [2.05, 4.69) is 0 Å². The summed E-state index contributed by atoms with van der Waals surface area (Å²) in [6.45, 7) is 0. The maximum absolute atomic E-state index is 11.2. The molecule has 11 heteroatoms. The fraction of sp³-hybridized carbons (Fsp3) is 0. The largest absolute Gasteiger partial charge is 0.478 e.